The van der Waals surface area contributed by atoms with Crippen LogP contribution < -0.4 is 10.1 Å². The van der Waals surface area contributed by atoms with Gasteiger partial charge < -0.3 is 10.1 Å². The summed E-state index contributed by atoms with van der Waals surface area (Å²) in [4.78, 5) is 15.2. The minimum Gasteiger partial charge on any atom is -0.490 e. The van der Waals surface area contributed by atoms with Crippen molar-refractivity contribution in [2.24, 2.45) is 0 Å². The third-order valence-electron chi connectivity index (χ3n) is 2.11. The van der Waals surface area contributed by atoms with Gasteiger partial charge >= 0.3 is 0 Å². The molecule has 0 aliphatic rings. The molecule has 1 heterocycles. The van der Waals surface area contributed by atoms with Gasteiger partial charge in [-0.25, -0.2) is 4.98 Å². The number of carbonyl (C=O) groups is 1. The summed E-state index contributed by atoms with van der Waals surface area (Å²) in [6.07, 6.45) is 1.27. The van der Waals surface area contributed by atoms with Crippen molar-refractivity contribution in [1.82, 2.24) is 20.5 Å². The van der Waals surface area contributed by atoms with Gasteiger partial charge in [-0.1, -0.05) is 23.7 Å². The molecule has 0 spiro atoms. The Kier molecular flexibility index (Phi) is 4.14. The van der Waals surface area contributed by atoms with Crippen LogP contribution in [-0.2, 0) is 0 Å². The Hall–Kier alpha value is -2.08. The van der Waals surface area contributed by atoms with Crippen molar-refractivity contribution < 1.29 is 9.53 Å². The van der Waals surface area contributed by atoms with Gasteiger partial charge in [0.25, 0.3) is 5.91 Å². The lowest BCUT2D eigenvalue weighted by atomic mass is 10.3. The molecule has 2 N–H and O–H groups in total. The van der Waals surface area contributed by atoms with Crippen LogP contribution in [0.3, 0.4) is 0 Å². The van der Waals surface area contributed by atoms with Gasteiger partial charge in [-0.2, -0.15) is 5.10 Å². The minimum atomic E-state index is -0.324. The highest BCUT2D eigenvalue weighted by Crippen LogP contribution is 2.22. The highest BCUT2D eigenvalue weighted by molar-refractivity contribution is 6.32. The molecule has 0 bridgehead atoms. The van der Waals surface area contributed by atoms with Crippen LogP contribution in [0.4, 0.5) is 0 Å². The molecular formula is C11H11ClN4O2. The Morgan fingerprint density at radius 2 is 2.28 bits per heavy atom. The topological polar surface area (TPSA) is 79.9 Å². The Balaban J connectivity index is 1.74. The van der Waals surface area contributed by atoms with E-state index in [-0.39, 0.29) is 11.7 Å². The van der Waals surface area contributed by atoms with Crippen LogP contribution in [0.2, 0.25) is 5.02 Å². The first-order valence-electron chi connectivity index (χ1n) is 5.28. The maximum atomic E-state index is 11.5. The van der Waals surface area contributed by atoms with Gasteiger partial charge in [0.2, 0.25) is 5.82 Å². The molecule has 0 saturated carbocycles. The predicted octanol–water partition coefficient (Wildman–Crippen LogP) is 1.27. The molecule has 0 saturated heterocycles. The molecule has 1 aromatic heterocycles. The van der Waals surface area contributed by atoms with Crippen LogP contribution in [0.1, 0.15) is 10.6 Å². The zero-order valence-corrected chi connectivity index (χ0v) is 10.1. The molecule has 0 fully saturated rings. The maximum Gasteiger partial charge on any atom is 0.288 e. The fourth-order valence-electron chi connectivity index (χ4n) is 1.29. The zero-order chi connectivity index (χ0) is 12.8. The Bertz CT molecular complexity index is 516. The number of ether oxygens (including phenoxy) is 1. The standard InChI is InChI=1S/C11H11ClN4O2/c12-8-3-1-2-4-9(8)18-6-5-13-11(17)10-14-7-15-16-10/h1-4,7H,5-6H2,(H,13,17)(H,14,15,16). The van der Waals surface area contributed by atoms with E-state index in [2.05, 4.69) is 20.5 Å². The second kappa shape index (κ2) is 6.02. The van der Waals surface area contributed by atoms with Crippen molar-refractivity contribution in [2.75, 3.05) is 13.2 Å². The second-order valence-corrected chi connectivity index (χ2v) is 3.78. The fraction of sp³-hybridized carbons (Fsp3) is 0.182. The molecule has 0 aliphatic heterocycles. The van der Waals surface area contributed by atoms with Crippen molar-refractivity contribution in [3.05, 3.63) is 41.4 Å². The number of para-hydroxylation sites is 1. The summed E-state index contributed by atoms with van der Waals surface area (Å²) >= 11 is 5.91. The molecule has 94 valence electrons. The number of nitrogens with one attached hydrogen (secondary N) is 2. The number of H-pyrrole nitrogens is 1. The largest absolute Gasteiger partial charge is 0.490 e. The van der Waals surface area contributed by atoms with Crippen LogP contribution in [-0.4, -0.2) is 34.2 Å². The van der Waals surface area contributed by atoms with Gasteiger partial charge in [-0.05, 0) is 12.1 Å². The van der Waals surface area contributed by atoms with Crippen LogP contribution in [0.5, 0.6) is 5.75 Å². The summed E-state index contributed by atoms with van der Waals surface area (Å²) in [5, 5.41) is 9.23. The Morgan fingerprint density at radius 3 is 3.00 bits per heavy atom. The van der Waals surface area contributed by atoms with E-state index >= 15 is 0 Å². The van der Waals surface area contributed by atoms with E-state index in [4.69, 9.17) is 16.3 Å². The predicted molar refractivity (Wildman–Crippen MR) is 65.7 cm³/mol. The lowest BCUT2D eigenvalue weighted by Crippen LogP contribution is -2.29. The summed E-state index contributed by atoms with van der Waals surface area (Å²) in [5.74, 6) is 0.441. The first kappa shape index (κ1) is 12.4. The Morgan fingerprint density at radius 1 is 1.44 bits per heavy atom. The summed E-state index contributed by atoms with van der Waals surface area (Å²) in [6, 6.07) is 7.15. The van der Waals surface area contributed by atoms with E-state index in [1.54, 1.807) is 12.1 Å². The average molecular weight is 267 g/mol. The van der Waals surface area contributed by atoms with Gasteiger partial charge in [-0.3, -0.25) is 9.89 Å². The first-order valence-corrected chi connectivity index (χ1v) is 5.66. The molecule has 18 heavy (non-hydrogen) atoms. The molecule has 1 aromatic carbocycles. The average Bonchev–Trinajstić information content (AvgIpc) is 2.90. The second-order valence-electron chi connectivity index (χ2n) is 3.37. The zero-order valence-electron chi connectivity index (χ0n) is 9.39. The Labute approximate surface area is 108 Å². The number of nitrogens with zero attached hydrogens (tertiary/aromatic N) is 2. The molecule has 0 radical (unpaired) electrons. The highest BCUT2D eigenvalue weighted by Gasteiger charge is 2.07. The molecule has 0 atom stereocenters. The smallest absolute Gasteiger partial charge is 0.288 e. The molecule has 7 heteroatoms. The van der Waals surface area contributed by atoms with Crippen LogP contribution in [0.15, 0.2) is 30.6 Å². The van der Waals surface area contributed by atoms with E-state index < -0.39 is 0 Å². The molecule has 2 rings (SSSR count). The van der Waals surface area contributed by atoms with Crippen molar-refractivity contribution in [2.45, 2.75) is 0 Å². The fourth-order valence-corrected chi connectivity index (χ4v) is 1.48. The number of hydrogen-bond donors (Lipinski definition) is 2. The van der Waals surface area contributed by atoms with E-state index in [1.165, 1.54) is 6.33 Å². The summed E-state index contributed by atoms with van der Waals surface area (Å²) in [7, 11) is 0. The van der Waals surface area contributed by atoms with Gasteiger partial charge in [0.05, 0.1) is 11.6 Å². The monoisotopic (exact) mass is 266 g/mol. The van der Waals surface area contributed by atoms with Crippen molar-refractivity contribution >= 4 is 17.5 Å². The summed E-state index contributed by atoms with van der Waals surface area (Å²) < 4.78 is 5.41. The number of aromatic nitrogens is 3. The quantitative estimate of drug-likeness (QED) is 0.799. The van der Waals surface area contributed by atoms with Crippen molar-refractivity contribution in [3.63, 3.8) is 0 Å². The van der Waals surface area contributed by atoms with Crippen molar-refractivity contribution in [3.8, 4) is 5.75 Å². The summed E-state index contributed by atoms with van der Waals surface area (Å²) in [6.45, 7) is 0.675. The van der Waals surface area contributed by atoms with E-state index in [0.717, 1.165) is 0 Å². The van der Waals surface area contributed by atoms with E-state index in [9.17, 15) is 4.79 Å². The van der Waals surface area contributed by atoms with Gasteiger partial charge in [0, 0.05) is 0 Å². The van der Waals surface area contributed by atoms with Gasteiger partial charge in [0.1, 0.15) is 18.7 Å². The first-order chi connectivity index (χ1) is 8.77. The lowest BCUT2D eigenvalue weighted by Gasteiger charge is -2.07. The third-order valence-corrected chi connectivity index (χ3v) is 2.42. The number of benzene rings is 1. The highest BCUT2D eigenvalue weighted by atomic mass is 35.5. The maximum absolute atomic E-state index is 11.5. The van der Waals surface area contributed by atoms with E-state index in [1.807, 2.05) is 12.1 Å². The number of rotatable bonds is 5. The number of hydrogen-bond acceptors (Lipinski definition) is 4. The van der Waals surface area contributed by atoms with Crippen molar-refractivity contribution in [1.29, 1.82) is 0 Å². The molecule has 0 aliphatic carbocycles. The SMILES string of the molecule is O=C(NCCOc1ccccc1Cl)c1ncn[nH]1. The molecule has 1 amide bonds. The molecular weight excluding hydrogens is 256 g/mol. The molecule has 6 nitrogen and oxygen atoms in total. The minimum absolute atomic E-state index is 0.174. The third kappa shape index (κ3) is 3.21. The summed E-state index contributed by atoms with van der Waals surface area (Å²) in [5.41, 5.74) is 0. The van der Waals surface area contributed by atoms with Gasteiger partial charge in [-0.15, -0.1) is 0 Å². The number of aromatic amines is 1. The lowest BCUT2D eigenvalue weighted by molar-refractivity contribution is 0.0937. The number of carbonyl (C=O) groups excluding carboxylic acids is 1. The number of amides is 1. The van der Waals surface area contributed by atoms with Crippen LogP contribution in [0.25, 0.3) is 0 Å². The van der Waals surface area contributed by atoms with Crippen LogP contribution in [0, 0.1) is 0 Å². The normalized spacial score (nSPS) is 10.1. The number of halogens is 1. The van der Waals surface area contributed by atoms with E-state index in [0.29, 0.717) is 23.9 Å². The molecule has 2 aromatic rings. The molecule has 0 unspecified atom stereocenters. The van der Waals surface area contributed by atoms with Gasteiger partial charge in [0.15, 0.2) is 0 Å². The van der Waals surface area contributed by atoms with Crippen LogP contribution >= 0.6 is 11.6 Å².